The highest BCUT2D eigenvalue weighted by molar-refractivity contribution is 8.00. The Morgan fingerprint density at radius 1 is 1.40 bits per heavy atom. The number of rotatable bonds is 5. The van der Waals surface area contributed by atoms with Crippen LogP contribution in [0.4, 0.5) is 0 Å². The maximum Gasteiger partial charge on any atom is 0.312 e. The summed E-state index contributed by atoms with van der Waals surface area (Å²) < 4.78 is 5.40. The van der Waals surface area contributed by atoms with Gasteiger partial charge in [-0.2, -0.15) is 0 Å². The number of hydrogen-bond donors (Lipinski definition) is 2. The minimum atomic E-state index is -1.42. The van der Waals surface area contributed by atoms with Crippen LogP contribution in [0.3, 0.4) is 0 Å². The fourth-order valence-electron chi connectivity index (χ4n) is 3.14. The fourth-order valence-corrected chi connectivity index (χ4v) is 4.72. The highest BCUT2D eigenvalue weighted by Gasteiger charge is 2.66. The Balaban J connectivity index is 1.71. The van der Waals surface area contributed by atoms with Crippen LogP contribution in [0.15, 0.2) is 30.3 Å². The van der Waals surface area contributed by atoms with Gasteiger partial charge in [-0.1, -0.05) is 30.3 Å². The van der Waals surface area contributed by atoms with Gasteiger partial charge in [0.15, 0.2) is 0 Å². The molecule has 2 heterocycles. The molecular weight excluding hydrogens is 344 g/mol. The highest BCUT2D eigenvalue weighted by atomic mass is 32.2. The molecule has 1 aromatic rings. The number of hydrogen-bond acceptors (Lipinski definition) is 5. The first kappa shape index (κ1) is 17.8. The number of nitrogens with zero attached hydrogens (tertiary/aromatic N) is 1. The summed E-state index contributed by atoms with van der Waals surface area (Å²) in [7, 11) is 1.38. The van der Waals surface area contributed by atoms with E-state index in [9.17, 15) is 19.5 Å². The molecule has 3 rings (SSSR count). The molecule has 8 heteroatoms. The van der Waals surface area contributed by atoms with Crippen molar-refractivity contribution < 1.29 is 24.2 Å². The van der Waals surface area contributed by atoms with Crippen molar-refractivity contribution in [3.8, 4) is 0 Å². The fraction of sp³-hybridized carbons (Fsp3) is 0.471. The Morgan fingerprint density at radius 3 is 2.68 bits per heavy atom. The lowest BCUT2D eigenvalue weighted by Crippen LogP contribution is -2.82. The van der Waals surface area contributed by atoms with Gasteiger partial charge in [0.2, 0.25) is 5.91 Å². The van der Waals surface area contributed by atoms with Gasteiger partial charge in [-0.15, -0.1) is 11.8 Å². The van der Waals surface area contributed by atoms with Crippen LogP contribution in [0.2, 0.25) is 0 Å². The third-order valence-electron chi connectivity index (χ3n) is 4.66. The SMILES string of the molecule is COC1(NC(=O)Cc2ccccc2)C(=O)N2CC(C)(C(=O)O)CS[C@@H]21. The zero-order valence-corrected chi connectivity index (χ0v) is 14.8. The molecule has 7 nitrogen and oxygen atoms in total. The van der Waals surface area contributed by atoms with E-state index in [2.05, 4.69) is 5.32 Å². The average Bonchev–Trinajstić information content (AvgIpc) is 2.60. The molecule has 0 spiro atoms. The van der Waals surface area contributed by atoms with Crippen molar-refractivity contribution in [1.82, 2.24) is 10.2 Å². The molecule has 2 fully saturated rings. The summed E-state index contributed by atoms with van der Waals surface area (Å²) >= 11 is 1.32. The second kappa shape index (κ2) is 6.34. The topological polar surface area (TPSA) is 95.9 Å². The summed E-state index contributed by atoms with van der Waals surface area (Å²) in [5, 5.41) is 11.7. The minimum Gasteiger partial charge on any atom is -0.481 e. The number of carbonyl (C=O) groups excluding carboxylic acids is 2. The van der Waals surface area contributed by atoms with E-state index >= 15 is 0 Å². The van der Waals surface area contributed by atoms with Crippen molar-refractivity contribution in [2.24, 2.45) is 5.41 Å². The number of thioether (sulfide) groups is 1. The first-order valence-corrected chi connectivity index (χ1v) is 8.93. The van der Waals surface area contributed by atoms with Crippen LogP contribution >= 0.6 is 11.8 Å². The molecule has 0 radical (unpaired) electrons. The number of amides is 2. The summed E-state index contributed by atoms with van der Waals surface area (Å²) in [6.45, 7) is 1.73. The van der Waals surface area contributed by atoms with Crippen molar-refractivity contribution in [1.29, 1.82) is 0 Å². The van der Waals surface area contributed by atoms with Gasteiger partial charge in [-0.25, -0.2) is 0 Å². The maximum absolute atomic E-state index is 12.6. The molecule has 2 saturated heterocycles. The predicted molar refractivity (Wildman–Crippen MR) is 91.7 cm³/mol. The van der Waals surface area contributed by atoms with Crippen LogP contribution in [-0.2, 0) is 25.5 Å². The number of ether oxygens (including phenoxy) is 1. The first-order valence-electron chi connectivity index (χ1n) is 7.88. The van der Waals surface area contributed by atoms with Gasteiger partial charge >= 0.3 is 5.97 Å². The van der Waals surface area contributed by atoms with Crippen LogP contribution in [-0.4, -0.2) is 58.3 Å². The van der Waals surface area contributed by atoms with E-state index in [0.29, 0.717) is 5.75 Å². The minimum absolute atomic E-state index is 0.110. The van der Waals surface area contributed by atoms with Gasteiger partial charge in [-0.3, -0.25) is 14.4 Å². The molecule has 0 aliphatic carbocycles. The second-order valence-electron chi connectivity index (χ2n) is 6.61. The normalized spacial score (nSPS) is 31.0. The van der Waals surface area contributed by atoms with Gasteiger partial charge in [0.1, 0.15) is 5.37 Å². The van der Waals surface area contributed by atoms with Gasteiger partial charge < -0.3 is 20.1 Å². The zero-order valence-electron chi connectivity index (χ0n) is 14.0. The number of carboxylic acid groups (broad SMARTS) is 1. The van der Waals surface area contributed by atoms with E-state index in [1.807, 2.05) is 30.3 Å². The third-order valence-corrected chi connectivity index (χ3v) is 6.37. The van der Waals surface area contributed by atoms with Crippen LogP contribution in [0, 0.1) is 5.41 Å². The monoisotopic (exact) mass is 364 g/mol. The lowest BCUT2D eigenvalue weighted by molar-refractivity contribution is -0.200. The molecule has 1 aromatic carbocycles. The van der Waals surface area contributed by atoms with E-state index < -0.39 is 28.4 Å². The molecule has 25 heavy (non-hydrogen) atoms. The first-order chi connectivity index (χ1) is 11.8. The summed E-state index contributed by atoms with van der Waals surface area (Å²) in [6.07, 6.45) is 0.142. The summed E-state index contributed by atoms with van der Waals surface area (Å²) in [5.41, 5.74) is -1.58. The van der Waals surface area contributed by atoms with Crippen LogP contribution in [0.1, 0.15) is 12.5 Å². The largest absolute Gasteiger partial charge is 0.481 e. The summed E-state index contributed by atoms with van der Waals surface area (Å²) in [6, 6.07) is 9.22. The molecule has 2 aliphatic heterocycles. The quantitative estimate of drug-likeness (QED) is 0.590. The van der Waals surface area contributed by atoms with Crippen LogP contribution in [0.5, 0.6) is 0 Å². The van der Waals surface area contributed by atoms with Crippen molar-refractivity contribution in [3.05, 3.63) is 35.9 Å². The van der Waals surface area contributed by atoms with Crippen molar-refractivity contribution in [3.63, 3.8) is 0 Å². The Labute approximate surface area is 149 Å². The van der Waals surface area contributed by atoms with Gasteiger partial charge in [0.25, 0.3) is 11.6 Å². The molecule has 134 valence electrons. The maximum atomic E-state index is 12.6. The third kappa shape index (κ3) is 2.89. The Hall–Kier alpha value is -2.06. The van der Waals surface area contributed by atoms with Crippen LogP contribution < -0.4 is 5.32 Å². The van der Waals surface area contributed by atoms with Crippen molar-refractivity contribution in [2.45, 2.75) is 24.4 Å². The van der Waals surface area contributed by atoms with Gasteiger partial charge in [-0.05, 0) is 12.5 Å². The Kier molecular flexibility index (Phi) is 4.51. The number of carbonyl (C=O) groups is 3. The molecule has 2 aliphatic rings. The second-order valence-corrected chi connectivity index (χ2v) is 7.68. The summed E-state index contributed by atoms with van der Waals surface area (Å²) in [4.78, 5) is 37.9. The molecular formula is C17H20N2O5S. The van der Waals surface area contributed by atoms with E-state index in [0.717, 1.165) is 5.56 Å². The number of fused-ring (bicyclic) bond motifs is 1. The standard InChI is InChI=1S/C17H20N2O5S/c1-16(15(22)23)9-19-13(21)17(24-2,14(19)25-10-16)18-12(20)8-11-6-4-3-5-7-11/h3-7,14H,8-10H2,1-2H3,(H,18,20)(H,22,23)/t14-,16?,17?/m1/s1. The van der Waals surface area contributed by atoms with E-state index in [1.165, 1.54) is 23.8 Å². The number of carboxylic acids is 1. The lowest BCUT2D eigenvalue weighted by atomic mass is 9.88. The summed E-state index contributed by atoms with van der Waals surface area (Å²) in [5.74, 6) is -1.31. The Morgan fingerprint density at radius 2 is 2.08 bits per heavy atom. The van der Waals surface area contributed by atoms with E-state index in [-0.39, 0.29) is 18.9 Å². The number of aliphatic carboxylic acids is 1. The van der Waals surface area contributed by atoms with E-state index in [4.69, 9.17) is 4.74 Å². The lowest BCUT2D eigenvalue weighted by Gasteiger charge is -2.58. The number of methoxy groups -OCH3 is 1. The number of benzene rings is 1. The molecule has 2 amide bonds. The number of nitrogens with one attached hydrogen (secondary N) is 1. The molecule has 3 atom stereocenters. The Bertz CT molecular complexity index is 712. The molecule has 2 N–H and O–H groups in total. The molecule has 0 bridgehead atoms. The zero-order chi connectivity index (χ0) is 18.2. The van der Waals surface area contributed by atoms with Crippen LogP contribution in [0.25, 0.3) is 0 Å². The molecule has 2 unspecified atom stereocenters. The van der Waals surface area contributed by atoms with Gasteiger partial charge in [0, 0.05) is 19.4 Å². The average molecular weight is 364 g/mol. The van der Waals surface area contributed by atoms with E-state index in [1.54, 1.807) is 6.92 Å². The molecule has 0 saturated carbocycles. The number of β-lactam (4-membered cyclic amide) rings is 1. The van der Waals surface area contributed by atoms with Gasteiger partial charge in [0.05, 0.1) is 11.8 Å². The predicted octanol–water partition coefficient (Wildman–Crippen LogP) is 0.694. The van der Waals surface area contributed by atoms with Crippen molar-refractivity contribution >= 4 is 29.5 Å². The molecule has 0 aromatic heterocycles. The highest BCUT2D eigenvalue weighted by Crippen LogP contribution is 2.47. The van der Waals surface area contributed by atoms with Crippen molar-refractivity contribution in [2.75, 3.05) is 19.4 Å². The smallest absolute Gasteiger partial charge is 0.312 e.